The topological polar surface area (TPSA) is 28.5 Å². The predicted octanol–water partition coefficient (Wildman–Crippen LogP) is 5.33. The second kappa shape index (κ2) is 7.50. The van der Waals surface area contributed by atoms with Gasteiger partial charge in [0.2, 0.25) is 0 Å². The van der Waals surface area contributed by atoms with Crippen molar-refractivity contribution in [3.05, 3.63) is 78.4 Å². The van der Waals surface area contributed by atoms with Crippen LogP contribution in [-0.4, -0.2) is 45.0 Å². The Morgan fingerprint density at radius 3 is 2.32 bits per heavy atom. The lowest BCUT2D eigenvalue weighted by molar-refractivity contribution is -0.128. The maximum absolute atomic E-state index is 13.0. The number of para-hydroxylation sites is 2. The zero-order valence-electron chi connectivity index (χ0n) is 17.9. The van der Waals surface area contributed by atoms with Gasteiger partial charge in [0, 0.05) is 36.0 Å². The van der Waals surface area contributed by atoms with Crippen molar-refractivity contribution in [3.63, 3.8) is 0 Å². The van der Waals surface area contributed by atoms with E-state index in [9.17, 15) is 4.79 Å². The molecule has 5 heteroatoms. The van der Waals surface area contributed by atoms with Crippen molar-refractivity contribution in [3.8, 4) is 5.69 Å². The van der Waals surface area contributed by atoms with Crippen LogP contribution in [0.3, 0.4) is 0 Å². The number of carbonyl (C=O) groups excluding carboxylic acids is 1. The van der Waals surface area contributed by atoms with Crippen LogP contribution in [0.5, 0.6) is 0 Å². The summed E-state index contributed by atoms with van der Waals surface area (Å²) in [7, 11) is 1.93. The highest BCUT2D eigenvalue weighted by Gasteiger charge is 2.42. The molecule has 0 saturated carbocycles. The number of likely N-dealkylation sites (N-methyl/N-ethyl adjacent to an activating group) is 2. The van der Waals surface area contributed by atoms with Gasteiger partial charge >= 0.3 is 0 Å². The third-order valence-electron chi connectivity index (χ3n) is 6.50. The van der Waals surface area contributed by atoms with E-state index < -0.39 is 0 Å². The van der Waals surface area contributed by atoms with E-state index in [4.69, 9.17) is 12.2 Å². The van der Waals surface area contributed by atoms with Gasteiger partial charge in [-0.15, -0.1) is 0 Å². The average molecular weight is 428 g/mol. The molecule has 4 aromatic rings. The molecule has 1 aliphatic rings. The van der Waals surface area contributed by atoms with Gasteiger partial charge in [-0.3, -0.25) is 9.69 Å². The molecule has 0 bridgehead atoms. The largest absolute Gasteiger partial charge is 0.339 e. The number of thiocarbonyl (C=S) groups is 1. The first-order valence-electron chi connectivity index (χ1n) is 10.7. The summed E-state index contributed by atoms with van der Waals surface area (Å²) in [6.45, 7) is 4.70. The number of fused-ring (bicyclic) bond motifs is 3. The number of hydrogen-bond donors (Lipinski definition) is 0. The molecular formula is C26H25N3OS. The van der Waals surface area contributed by atoms with Crippen molar-refractivity contribution in [2.45, 2.75) is 25.8 Å². The van der Waals surface area contributed by atoms with Gasteiger partial charge in [0.05, 0.1) is 11.0 Å². The Hall–Kier alpha value is -3.18. The van der Waals surface area contributed by atoms with Gasteiger partial charge in [0.25, 0.3) is 5.91 Å². The molecular weight excluding hydrogens is 402 g/mol. The van der Waals surface area contributed by atoms with Crippen LogP contribution >= 0.6 is 12.2 Å². The molecule has 1 saturated heterocycles. The smallest absolute Gasteiger partial charge is 0.252 e. The quantitative estimate of drug-likeness (QED) is 0.412. The molecule has 1 aromatic heterocycles. The lowest BCUT2D eigenvalue weighted by Gasteiger charge is -2.24. The second-order valence-corrected chi connectivity index (χ2v) is 8.54. The van der Waals surface area contributed by atoms with E-state index in [1.165, 1.54) is 21.8 Å². The minimum atomic E-state index is -0.271. The van der Waals surface area contributed by atoms with Gasteiger partial charge in [-0.25, -0.2) is 0 Å². The molecule has 0 radical (unpaired) electrons. The zero-order chi connectivity index (χ0) is 21.7. The van der Waals surface area contributed by atoms with Crippen LogP contribution in [0.2, 0.25) is 0 Å². The molecule has 3 aromatic carbocycles. The Balaban J connectivity index is 1.66. The molecule has 1 fully saturated rings. The van der Waals surface area contributed by atoms with Crippen molar-refractivity contribution < 1.29 is 4.79 Å². The van der Waals surface area contributed by atoms with Gasteiger partial charge in [-0.1, -0.05) is 49.4 Å². The van der Waals surface area contributed by atoms with Gasteiger partial charge in [-0.2, -0.15) is 0 Å². The van der Waals surface area contributed by atoms with Crippen LogP contribution in [-0.2, 0) is 4.79 Å². The van der Waals surface area contributed by atoms with Crippen LogP contribution < -0.4 is 0 Å². The number of amides is 1. The monoisotopic (exact) mass is 427 g/mol. The fraction of sp³-hybridized carbons (Fsp3) is 0.231. The molecule has 0 aliphatic carbocycles. The van der Waals surface area contributed by atoms with Crippen molar-refractivity contribution in [2.75, 3.05) is 13.6 Å². The fourth-order valence-corrected chi connectivity index (χ4v) is 5.21. The van der Waals surface area contributed by atoms with Gasteiger partial charge in [0.1, 0.15) is 6.04 Å². The number of rotatable bonds is 4. The summed E-state index contributed by atoms with van der Waals surface area (Å²) in [4.78, 5) is 16.7. The third-order valence-corrected chi connectivity index (χ3v) is 7.00. The van der Waals surface area contributed by atoms with E-state index in [1.54, 1.807) is 4.90 Å². The molecule has 2 unspecified atom stereocenters. The maximum atomic E-state index is 13.0. The maximum Gasteiger partial charge on any atom is 0.252 e. The van der Waals surface area contributed by atoms with Crippen LogP contribution in [0.15, 0.2) is 72.8 Å². The van der Waals surface area contributed by atoms with Crippen molar-refractivity contribution in [1.29, 1.82) is 0 Å². The molecule has 0 N–H and O–H groups in total. The number of aromatic nitrogens is 1. The SMILES string of the molecule is CCN1C(=O)C(C(C)c2ccc3c(c2)c2ccccc2n3-c2ccccc2)N(C)C1=S. The summed E-state index contributed by atoms with van der Waals surface area (Å²) in [5, 5.41) is 3.03. The summed E-state index contributed by atoms with van der Waals surface area (Å²) in [6.07, 6.45) is 0. The molecule has 2 atom stereocenters. The number of benzene rings is 3. The highest BCUT2D eigenvalue weighted by atomic mass is 32.1. The highest BCUT2D eigenvalue weighted by Crippen LogP contribution is 2.36. The third kappa shape index (κ3) is 2.95. The fourth-order valence-electron chi connectivity index (χ4n) is 4.88. The van der Waals surface area contributed by atoms with Gasteiger partial charge in [-0.05, 0) is 55.0 Å². The summed E-state index contributed by atoms with van der Waals surface area (Å²) in [5.74, 6) is 0.115. The van der Waals surface area contributed by atoms with E-state index in [1.807, 2.05) is 24.9 Å². The van der Waals surface area contributed by atoms with Crippen LogP contribution in [0.4, 0.5) is 0 Å². The minimum absolute atomic E-state index is 0.0234. The molecule has 1 aliphatic heterocycles. The van der Waals surface area contributed by atoms with E-state index in [0.29, 0.717) is 11.7 Å². The van der Waals surface area contributed by atoms with Crippen LogP contribution in [0.25, 0.3) is 27.5 Å². The van der Waals surface area contributed by atoms with Gasteiger partial charge in [0.15, 0.2) is 5.11 Å². The van der Waals surface area contributed by atoms with Crippen LogP contribution in [0, 0.1) is 0 Å². The van der Waals surface area contributed by atoms with Crippen molar-refractivity contribution >= 4 is 45.0 Å². The standard InChI is InChI=1S/C26H25N3OS/c1-4-28-25(30)24(27(3)26(28)31)17(2)18-14-15-23-21(16-18)20-12-8-9-13-22(20)29(23)19-10-6-5-7-11-19/h5-17,24H,4H2,1-3H3. The zero-order valence-corrected chi connectivity index (χ0v) is 18.8. The Bertz CT molecular complexity index is 1310. The Morgan fingerprint density at radius 1 is 0.935 bits per heavy atom. The minimum Gasteiger partial charge on any atom is -0.339 e. The number of nitrogens with zero attached hydrogens (tertiary/aromatic N) is 3. The van der Waals surface area contributed by atoms with E-state index in [0.717, 1.165) is 11.3 Å². The second-order valence-electron chi connectivity index (χ2n) is 8.17. The predicted molar refractivity (Wildman–Crippen MR) is 131 cm³/mol. The van der Waals surface area contributed by atoms with E-state index >= 15 is 0 Å². The Kier molecular flexibility index (Phi) is 4.78. The Labute approximate surface area is 187 Å². The summed E-state index contributed by atoms with van der Waals surface area (Å²) in [6, 6.07) is 25.3. The first-order valence-corrected chi connectivity index (χ1v) is 11.1. The molecule has 156 valence electrons. The summed E-state index contributed by atoms with van der Waals surface area (Å²) >= 11 is 5.51. The number of carbonyl (C=O) groups is 1. The van der Waals surface area contributed by atoms with E-state index in [-0.39, 0.29) is 17.9 Å². The van der Waals surface area contributed by atoms with Crippen LogP contribution in [0.1, 0.15) is 25.3 Å². The average Bonchev–Trinajstić information content (AvgIpc) is 3.24. The highest BCUT2D eigenvalue weighted by molar-refractivity contribution is 7.80. The summed E-state index contributed by atoms with van der Waals surface area (Å²) < 4.78 is 2.31. The molecule has 31 heavy (non-hydrogen) atoms. The first-order chi connectivity index (χ1) is 15.0. The van der Waals surface area contributed by atoms with E-state index in [2.05, 4.69) is 78.2 Å². The van der Waals surface area contributed by atoms with Gasteiger partial charge < -0.3 is 9.47 Å². The normalized spacial score (nSPS) is 17.8. The molecule has 1 amide bonds. The Morgan fingerprint density at radius 2 is 1.61 bits per heavy atom. The lowest BCUT2D eigenvalue weighted by atomic mass is 9.91. The van der Waals surface area contributed by atoms with Crippen molar-refractivity contribution in [2.24, 2.45) is 0 Å². The van der Waals surface area contributed by atoms with Crippen molar-refractivity contribution in [1.82, 2.24) is 14.4 Å². The molecule has 5 rings (SSSR count). The molecule has 4 nitrogen and oxygen atoms in total. The molecule has 0 spiro atoms. The first kappa shape index (κ1) is 19.8. The lowest BCUT2D eigenvalue weighted by Crippen LogP contribution is -2.36. The molecule has 2 heterocycles. The summed E-state index contributed by atoms with van der Waals surface area (Å²) in [5.41, 5.74) is 4.64. The number of hydrogen-bond acceptors (Lipinski definition) is 2.